The fraction of sp³-hybridized carbons (Fsp3) is 0.793. The quantitative estimate of drug-likeness (QED) is 0.229. The number of sulfone groups is 1. The Morgan fingerprint density at radius 2 is 1.28 bits per heavy atom. The maximum atomic E-state index is 13.6. The molecule has 1 aromatic carbocycles. The summed E-state index contributed by atoms with van der Waals surface area (Å²) in [6.45, 7) is 17.5. The molecule has 1 rings (SSSR count). The van der Waals surface area contributed by atoms with Gasteiger partial charge in [-0.1, -0.05) is 98.9 Å². The predicted octanol–water partition coefficient (Wildman–Crippen LogP) is 8.67. The molecule has 0 spiro atoms. The van der Waals surface area contributed by atoms with Crippen LogP contribution in [0.2, 0.25) is 0 Å². The first kappa shape index (κ1) is 29.2. The maximum Gasteiger partial charge on any atom is 0.156 e. The SMILES string of the molecule is CCCCCC(C)(C)c1ccc(CCCCS(=O)(=O)C(CC)(CC)C(C)(CC)CC)cc1. The summed E-state index contributed by atoms with van der Waals surface area (Å²) in [6.07, 6.45) is 10.9. The molecule has 0 aliphatic carbocycles. The lowest BCUT2D eigenvalue weighted by Gasteiger charge is -2.47. The zero-order chi connectivity index (χ0) is 24.5. The molecule has 3 heteroatoms. The van der Waals surface area contributed by atoms with Crippen molar-refractivity contribution in [1.82, 2.24) is 0 Å². The van der Waals surface area contributed by atoms with Crippen LogP contribution >= 0.6 is 0 Å². The van der Waals surface area contributed by atoms with Crippen LogP contribution in [0.3, 0.4) is 0 Å². The van der Waals surface area contributed by atoms with Crippen molar-refractivity contribution < 1.29 is 8.42 Å². The third kappa shape index (κ3) is 6.61. The normalized spacial score (nSPS) is 13.5. The van der Waals surface area contributed by atoms with E-state index in [2.05, 4.69) is 79.7 Å². The summed E-state index contributed by atoms with van der Waals surface area (Å²) in [5.41, 5.74) is 2.79. The lowest BCUT2D eigenvalue weighted by atomic mass is 9.69. The van der Waals surface area contributed by atoms with Gasteiger partial charge in [0, 0.05) is 0 Å². The number of aryl methyl sites for hydroxylation is 1. The molecule has 0 N–H and O–H groups in total. The van der Waals surface area contributed by atoms with E-state index < -0.39 is 14.6 Å². The summed E-state index contributed by atoms with van der Waals surface area (Å²) < 4.78 is 26.5. The molecule has 0 atom stereocenters. The summed E-state index contributed by atoms with van der Waals surface area (Å²) in [5, 5.41) is 0. The summed E-state index contributed by atoms with van der Waals surface area (Å²) in [4.78, 5) is 0. The number of benzene rings is 1. The van der Waals surface area contributed by atoms with Gasteiger partial charge in [-0.25, -0.2) is 8.42 Å². The summed E-state index contributed by atoms with van der Waals surface area (Å²) in [7, 11) is -3.16. The monoisotopic (exact) mass is 464 g/mol. The predicted molar refractivity (Wildman–Crippen MR) is 142 cm³/mol. The highest BCUT2D eigenvalue weighted by Crippen LogP contribution is 2.48. The Bertz CT molecular complexity index is 751. The molecule has 0 heterocycles. The molecule has 0 fully saturated rings. The van der Waals surface area contributed by atoms with Gasteiger partial charge >= 0.3 is 0 Å². The van der Waals surface area contributed by atoms with Gasteiger partial charge in [0.05, 0.1) is 10.5 Å². The molecule has 0 aliphatic rings. The maximum absolute atomic E-state index is 13.6. The van der Waals surface area contributed by atoms with Crippen molar-refractivity contribution in [2.75, 3.05) is 5.75 Å². The van der Waals surface area contributed by atoms with Crippen LogP contribution in [0.4, 0.5) is 0 Å². The molecule has 0 radical (unpaired) electrons. The van der Waals surface area contributed by atoms with Crippen molar-refractivity contribution in [2.45, 2.75) is 136 Å². The lowest BCUT2D eigenvalue weighted by Crippen LogP contribution is -2.52. The topological polar surface area (TPSA) is 34.1 Å². The van der Waals surface area contributed by atoms with E-state index in [4.69, 9.17) is 0 Å². The molecule has 0 amide bonds. The van der Waals surface area contributed by atoms with E-state index in [1.165, 1.54) is 36.8 Å². The number of hydrogen-bond acceptors (Lipinski definition) is 2. The largest absolute Gasteiger partial charge is 0.228 e. The van der Waals surface area contributed by atoms with Gasteiger partial charge in [-0.15, -0.1) is 0 Å². The molecule has 1 aromatic rings. The van der Waals surface area contributed by atoms with Crippen molar-refractivity contribution in [3.63, 3.8) is 0 Å². The van der Waals surface area contributed by atoms with Gasteiger partial charge in [0.2, 0.25) is 0 Å². The molecule has 0 bridgehead atoms. The smallest absolute Gasteiger partial charge is 0.156 e. The standard InChI is InChI=1S/C29H52O2S/c1-9-14-16-23-27(6,7)26-21-19-25(20-22-26)18-15-17-24-32(30,31)29(12-4,13-5)28(8,10-2)11-3/h19-22H,9-18,23-24H2,1-8H3. The first-order valence-electron chi connectivity index (χ1n) is 13.3. The Labute approximate surface area is 200 Å². The fourth-order valence-electron chi connectivity index (χ4n) is 5.71. The van der Waals surface area contributed by atoms with E-state index in [0.29, 0.717) is 18.6 Å². The Hall–Kier alpha value is -0.830. The zero-order valence-electron chi connectivity index (χ0n) is 22.5. The van der Waals surface area contributed by atoms with E-state index in [0.717, 1.165) is 32.1 Å². The third-order valence-electron chi connectivity index (χ3n) is 8.67. The molecule has 0 saturated heterocycles. The first-order valence-corrected chi connectivity index (χ1v) is 15.0. The first-order chi connectivity index (χ1) is 15.0. The number of unbranched alkanes of at least 4 members (excludes halogenated alkanes) is 3. The van der Waals surface area contributed by atoms with Gasteiger partial charge < -0.3 is 0 Å². The molecule has 0 saturated carbocycles. The van der Waals surface area contributed by atoms with E-state index >= 15 is 0 Å². The van der Waals surface area contributed by atoms with Gasteiger partial charge in [-0.3, -0.25) is 0 Å². The van der Waals surface area contributed by atoms with Crippen molar-refractivity contribution >= 4 is 9.84 Å². The second kappa shape index (κ2) is 12.6. The van der Waals surface area contributed by atoms with Crippen LogP contribution < -0.4 is 0 Å². The zero-order valence-corrected chi connectivity index (χ0v) is 23.3. The van der Waals surface area contributed by atoms with Crippen LogP contribution in [0.1, 0.15) is 131 Å². The molecule has 0 aromatic heterocycles. The number of hydrogen-bond donors (Lipinski definition) is 0. The van der Waals surface area contributed by atoms with Crippen LogP contribution in [0.15, 0.2) is 24.3 Å². The Morgan fingerprint density at radius 1 is 0.719 bits per heavy atom. The van der Waals surface area contributed by atoms with E-state index in [-0.39, 0.29) is 10.8 Å². The lowest BCUT2D eigenvalue weighted by molar-refractivity contribution is 0.179. The fourth-order valence-corrected chi connectivity index (χ4v) is 8.61. The molecular formula is C29H52O2S. The summed E-state index contributed by atoms with van der Waals surface area (Å²) in [5.74, 6) is 0.312. The van der Waals surface area contributed by atoms with Crippen molar-refractivity contribution in [2.24, 2.45) is 5.41 Å². The highest BCUT2D eigenvalue weighted by molar-refractivity contribution is 7.92. The van der Waals surface area contributed by atoms with E-state index in [1.54, 1.807) is 0 Å². The minimum Gasteiger partial charge on any atom is -0.228 e. The van der Waals surface area contributed by atoms with Crippen molar-refractivity contribution in [3.05, 3.63) is 35.4 Å². The minimum absolute atomic E-state index is 0.158. The molecule has 2 nitrogen and oxygen atoms in total. The van der Waals surface area contributed by atoms with Gasteiger partial charge in [-0.05, 0) is 73.3 Å². The van der Waals surface area contributed by atoms with Crippen LogP contribution in [0.25, 0.3) is 0 Å². The van der Waals surface area contributed by atoms with E-state index in [1.807, 2.05) is 0 Å². The van der Waals surface area contributed by atoms with Gasteiger partial charge in [-0.2, -0.15) is 0 Å². The average molecular weight is 465 g/mol. The Morgan fingerprint density at radius 3 is 1.75 bits per heavy atom. The summed E-state index contributed by atoms with van der Waals surface area (Å²) >= 11 is 0. The second-order valence-electron chi connectivity index (χ2n) is 10.8. The average Bonchev–Trinajstić information content (AvgIpc) is 2.77. The molecule has 0 unspecified atom stereocenters. The van der Waals surface area contributed by atoms with Gasteiger partial charge in [0.25, 0.3) is 0 Å². The van der Waals surface area contributed by atoms with Crippen molar-refractivity contribution in [1.29, 1.82) is 0 Å². The van der Waals surface area contributed by atoms with Gasteiger partial charge in [0.1, 0.15) is 0 Å². The van der Waals surface area contributed by atoms with Gasteiger partial charge in [0.15, 0.2) is 9.84 Å². The molecule has 32 heavy (non-hydrogen) atoms. The Kier molecular flexibility index (Phi) is 11.5. The van der Waals surface area contributed by atoms with Crippen LogP contribution in [0.5, 0.6) is 0 Å². The van der Waals surface area contributed by atoms with Crippen LogP contribution in [-0.2, 0) is 21.7 Å². The molecule has 186 valence electrons. The number of rotatable bonds is 16. The highest BCUT2D eigenvalue weighted by atomic mass is 32.2. The van der Waals surface area contributed by atoms with Crippen molar-refractivity contribution in [3.8, 4) is 0 Å². The minimum atomic E-state index is -3.16. The van der Waals surface area contributed by atoms with Crippen LogP contribution in [-0.4, -0.2) is 18.9 Å². The van der Waals surface area contributed by atoms with E-state index in [9.17, 15) is 8.42 Å². The molecule has 0 aliphatic heterocycles. The highest BCUT2D eigenvalue weighted by Gasteiger charge is 2.52. The second-order valence-corrected chi connectivity index (χ2v) is 13.2. The summed E-state index contributed by atoms with van der Waals surface area (Å²) in [6, 6.07) is 9.06. The third-order valence-corrected chi connectivity index (χ3v) is 11.8. The van der Waals surface area contributed by atoms with Crippen LogP contribution in [0, 0.1) is 5.41 Å². The Balaban J connectivity index is 2.74. The molecular weight excluding hydrogens is 412 g/mol.